The molecule has 0 saturated carbocycles. The van der Waals surface area contributed by atoms with Gasteiger partial charge >= 0.3 is 0 Å². The largest absolute Gasteiger partial charge is 0.456 e. The number of fused-ring (bicyclic) bond motifs is 9. The van der Waals surface area contributed by atoms with Gasteiger partial charge in [-0.15, -0.1) is 11.3 Å². The lowest BCUT2D eigenvalue weighted by Crippen LogP contribution is -2.00. The van der Waals surface area contributed by atoms with Crippen LogP contribution >= 0.6 is 11.3 Å². The van der Waals surface area contributed by atoms with Gasteiger partial charge in [-0.05, 0) is 83.9 Å². The summed E-state index contributed by atoms with van der Waals surface area (Å²) in [6, 6.07) is 63.8. The maximum absolute atomic E-state index is 6.52. The van der Waals surface area contributed by atoms with Gasteiger partial charge in [-0.25, -0.2) is 15.0 Å². The van der Waals surface area contributed by atoms with Gasteiger partial charge in [0.05, 0.1) is 11.0 Å². The molecule has 0 aliphatic carbocycles. The molecule has 5 nitrogen and oxygen atoms in total. The molecule has 0 spiro atoms. The number of nitrogens with zero attached hydrogens (tertiary/aromatic N) is 4. The van der Waals surface area contributed by atoms with Crippen molar-refractivity contribution in [1.82, 2.24) is 19.5 Å². The smallest absolute Gasteiger partial charge is 0.164 e. The molecule has 0 bridgehead atoms. The molecule has 57 heavy (non-hydrogen) atoms. The second kappa shape index (κ2) is 12.6. The zero-order chi connectivity index (χ0) is 37.5. The molecule has 12 rings (SSSR count). The summed E-state index contributed by atoms with van der Waals surface area (Å²) >= 11 is 1.84. The van der Waals surface area contributed by atoms with Crippen molar-refractivity contribution in [2.75, 3.05) is 0 Å². The maximum atomic E-state index is 6.52. The average Bonchev–Trinajstić information content (AvgIpc) is 3.96. The third kappa shape index (κ3) is 5.12. The van der Waals surface area contributed by atoms with Crippen molar-refractivity contribution in [3.63, 3.8) is 0 Å². The number of hydrogen-bond donors (Lipinski definition) is 0. The van der Waals surface area contributed by atoms with E-state index in [1.807, 2.05) is 41.7 Å². The summed E-state index contributed by atoms with van der Waals surface area (Å²) < 4.78 is 11.4. The fourth-order valence-electron chi connectivity index (χ4n) is 8.41. The lowest BCUT2D eigenvalue weighted by atomic mass is 9.98. The molecule has 0 saturated heterocycles. The molecule has 0 aliphatic rings. The first-order chi connectivity index (χ1) is 28.2. The summed E-state index contributed by atoms with van der Waals surface area (Å²) in [5.74, 6) is 1.81. The van der Waals surface area contributed by atoms with Crippen LogP contribution in [0.5, 0.6) is 0 Å². The first-order valence-corrected chi connectivity index (χ1v) is 19.8. The summed E-state index contributed by atoms with van der Waals surface area (Å²) in [4.78, 5) is 15.1. The van der Waals surface area contributed by atoms with Crippen molar-refractivity contribution in [1.29, 1.82) is 0 Å². The van der Waals surface area contributed by atoms with Crippen LogP contribution in [0, 0.1) is 0 Å². The van der Waals surface area contributed by atoms with E-state index in [1.165, 1.54) is 53.1 Å². The van der Waals surface area contributed by atoms with E-state index >= 15 is 0 Å². The van der Waals surface area contributed by atoms with E-state index in [9.17, 15) is 0 Å². The van der Waals surface area contributed by atoms with Gasteiger partial charge in [-0.2, -0.15) is 0 Å². The van der Waals surface area contributed by atoms with Gasteiger partial charge in [0.25, 0.3) is 0 Å². The maximum Gasteiger partial charge on any atom is 0.164 e. The van der Waals surface area contributed by atoms with Gasteiger partial charge in [0, 0.05) is 64.1 Å². The summed E-state index contributed by atoms with van der Waals surface area (Å²) in [6.45, 7) is 0. The normalized spacial score (nSPS) is 11.9. The van der Waals surface area contributed by atoms with Crippen LogP contribution in [0.1, 0.15) is 0 Å². The Morgan fingerprint density at radius 2 is 0.982 bits per heavy atom. The Morgan fingerprint density at radius 1 is 0.386 bits per heavy atom. The number of aromatic nitrogens is 4. The van der Waals surface area contributed by atoms with E-state index in [4.69, 9.17) is 19.4 Å². The van der Waals surface area contributed by atoms with Crippen molar-refractivity contribution in [3.8, 4) is 51.0 Å². The zero-order valence-electron chi connectivity index (χ0n) is 30.4. The predicted molar refractivity (Wildman–Crippen MR) is 236 cm³/mol. The Labute approximate surface area is 330 Å². The molecule has 8 aromatic carbocycles. The van der Waals surface area contributed by atoms with Crippen molar-refractivity contribution in [2.45, 2.75) is 0 Å². The molecule has 266 valence electrons. The van der Waals surface area contributed by atoms with Crippen molar-refractivity contribution >= 4 is 75.3 Å². The number of rotatable bonds is 5. The first kappa shape index (κ1) is 31.9. The molecule has 0 unspecified atom stereocenters. The van der Waals surface area contributed by atoms with E-state index in [1.54, 1.807) is 0 Å². The minimum atomic E-state index is 0.587. The topological polar surface area (TPSA) is 56.7 Å². The minimum absolute atomic E-state index is 0.587. The Balaban J connectivity index is 0.960. The molecule has 0 aliphatic heterocycles. The van der Waals surface area contributed by atoms with E-state index in [2.05, 4.69) is 156 Å². The summed E-state index contributed by atoms with van der Waals surface area (Å²) in [5, 5.41) is 7.19. The van der Waals surface area contributed by atoms with E-state index in [0.717, 1.165) is 44.3 Å². The fourth-order valence-corrected chi connectivity index (χ4v) is 9.54. The van der Waals surface area contributed by atoms with Gasteiger partial charge in [-0.1, -0.05) is 109 Å². The molecule has 6 heteroatoms. The Morgan fingerprint density at radius 3 is 1.74 bits per heavy atom. The predicted octanol–water partition coefficient (Wildman–Crippen LogP) is 13.9. The van der Waals surface area contributed by atoms with Gasteiger partial charge in [0.2, 0.25) is 0 Å². The minimum Gasteiger partial charge on any atom is -0.456 e. The van der Waals surface area contributed by atoms with E-state index in [0.29, 0.717) is 17.5 Å². The Kier molecular flexibility index (Phi) is 7.03. The number of thiophene rings is 1. The van der Waals surface area contributed by atoms with Crippen LogP contribution in [0.25, 0.3) is 115 Å². The highest BCUT2D eigenvalue weighted by Gasteiger charge is 2.18. The van der Waals surface area contributed by atoms with Gasteiger partial charge in [0.15, 0.2) is 17.5 Å². The number of furan rings is 1. The zero-order valence-corrected chi connectivity index (χ0v) is 31.2. The quantitative estimate of drug-likeness (QED) is 0.176. The standard InChI is InChI=1S/C51H30N4OS/c1-2-11-31(12-3-1)49-52-50(32-21-25-35(26-22-32)55-42-17-7-4-13-37(42)38-14-5-8-18-43(38)55)54-51(53-49)34-23-27-39-41-29-33(24-28-44(41)56-45(39)30-34)36-16-10-20-47-48(36)40-15-6-9-19-46(40)57-47/h1-30H. The molecule has 0 amide bonds. The van der Waals surface area contributed by atoms with Gasteiger partial charge in [0.1, 0.15) is 11.2 Å². The van der Waals surface area contributed by atoms with E-state index in [-0.39, 0.29) is 0 Å². The summed E-state index contributed by atoms with van der Waals surface area (Å²) in [5.41, 5.74) is 10.1. The lowest BCUT2D eigenvalue weighted by molar-refractivity contribution is 0.669. The fraction of sp³-hybridized carbons (Fsp3) is 0. The molecule has 0 atom stereocenters. The average molecular weight is 747 g/mol. The van der Waals surface area contributed by atoms with Crippen molar-refractivity contribution < 1.29 is 4.42 Å². The van der Waals surface area contributed by atoms with Crippen LogP contribution in [0.2, 0.25) is 0 Å². The Hall–Kier alpha value is -7.41. The molecule has 0 fully saturated rings. The molecule has 12 aromatic rings. The van der Waals surface area contributed by atoms with Gasteiger partial charge in [-0.3, -0.25) is 0 Å². The summed E-state index contributed by atoms with van der Waals surface area (Å²) in [7, 11) is 0. The number of para-hydroxylation sites is 2. The molecular formula is C51H30N4OS. The molecule has 0 radical (unpaired) electrons. The second-order valence-corrected chi connectivity index (χ2v) is 15.5. The lowest BCUT2D eigenvalue weighted by Gasteiger charge is -2.11. The monoisotopic (exact) mass is 746 g/mol. The van der Waals surface area contributed by atoms with Crippen molar-refractivity contribution in [3.05, 3.63) is 182 Å². The van der Waals surface area contributed by atoms with Gasteiger partial charge < -0.3 is 8.98 Å². The highest BCUT2D eigenvalue weighted by Crippen LogP contribution is 2.42. The Bertz CT molecular complexity index is 3470. The third-order valence-corrected chi connectivity index (χ3v) is 12.2. The van der Waals surface area contributed by atoms with Crippen LogP contribution in [0.3, 0.4) is 0 Å². The molecule has 0 N–H and O–H groups in total. The van der Waals surface area contributed by atoms with E-state index < -0.39 is 0 Å². The van der Waals surface area contributed by atoms with Crippen molar-refractivity contribution in [2.24, 2.45) is 0 Å². The number of hydrogen-bond acceptors (Lipinski definition) is 5. The SMILES string of the molecule is c1ccc(-c2nc(-c3ccc(-n4c5ccccc5c5ccccc54)cc3)nc(-c3ccc4c(c3)oc3ccc(-c5cccc6sc7ccccc7c56)cc34)n2)cc1. The first-order valence-electron chi connectivity index (χ1n) is 19.0. The molecular weight excluding hydrogens is 717 g/mol. The van der Waals surface area contributed by atoms with Crippen LogP contribution in [0.4, 0.5) is 0 Å². The number of benzene rings is 8. The third-order valence-electron chi connectivity index (χ3n) is 11.1. The highest BCUT2D eigenvalue weighted by atomic mass is 32.1. The van der Waals surface area contributed by atoms with Crippen LogP contribution in [-0.4, -0.2) is 19.5 Å². The molecule has 4 heterocycles. The molecule has 4 aromatic heterocycles. The highest BCUT2D eigenvalue weighted by molar-refractivity contribution is 7.25. The van der Waals surface area contributed by atoms with Crippen LogP contribution in [0.15, 0.2) is 186 Å². The summed E-state index contributed by atoms with van der Waals surface area (Å²) in [6.07, 6.45) is 0. The van der Waals surface area contributed by atoms with Crippen LogP contribution < -0.4 is 0 Å². The second-order valence-electron chi connectivity index (χ2n) is 14.4. The van der Waals surface area contributed by atoms with Crippen LogP contribution in [-0.2, 0) is 0 Å².